The van der Waals surface area contributed by atoms with E-state index in [0.717, 1.165) is 29.2 Å². The zero-order chi connectivity index (χ0) is 14.9. The second-order valence-corrected chi connectivity index (χ2v) is 4.46. The van der Waals surface area contributed by atoms with Gasteiger partial charge in [-0.2, -0.15) is 0 Å². The predicted octanol–water partition coefficient (Wildman–Crippen LogP) is 2.85. The van der Waals surface area contributed by atoms with Crippen LogP contribution in [0.5, 0.6) is 11.5 Å². The number of hydrogen-bond donors (Lipinski definition) is 1. The van der Waals surface area contributed by atoms with Crippen LogP contribution < -0.4 is 14.8 Å². The second kappa shape index (κ2) is 7.98. The third kappa shape index (κ3) is 4.55. The molecule has 2 aromatic rings. The Labute approximate surface area is 125 Å². The standard InChI is InChI=1S/C18H19NO2/c1-19-14-16-13-17(20-2)10-11-18(16)21-12-6-9-15-7-4-3-5-8-15/h3-5,7-8,10-11,13,19H,12,14H2,1-2H3. The summed E-state index contributed by atoms with van der Waals surface area (Å²) < 4.78 is 11.0. The molecule has 0 saturated heterocycles. The quantitative estimate of drug-likeness (QED) is 0.855. The molecule has 0 aliphatic rings. The number of benzene rings is 2. The molecule has 3 heteroatoms. The first kappa shape index (κ1) is 15.0. The van der Waals surface area contributed by atoms with Gasteiger partial charge in [0.25, 0.3) is 0 Å². The number of nitrogens with one attached hydrogen (secondary N) is 1. The fourth-order valence-corrected chi connectivity index (χ4v) is 1.93. The molecule has 0 saturated carbocycles. The third-order valence-electron chi connectivity index (χ3n) is 2.94. The molecule has 2 aromatic carbocycles. The minimum Gasteiger partial charge on any atom is -0.497 e. The zero-order valence-electron chi connectivity index (χ0n) is 12.3. The maximum Gasteiger partial charge on any atom is 0.149 e. The molecular weight excluding hydrogens is 262 g/mol. The molecule has 2 rings (SSSR count). The van der Waals surface area contributed by atoms with E-state index in [0.29, 0.717) is 6.61 Å². The Morgan fingerprint density at radius 3 is 2.62 bits per heavy atom. The van der Waals surface area contributed by atoms with E-state index in [2.05, 4.69) is 17.2 Å². The third-order valence-corrected chi connectivity index (χ3v) is 2.94. The molecule has 0 atom stereocenters. The summed E-state index contributed by atoms with van der Waals surface area (Å²) in [6, 6.07) is 15.6. The van der Waals surface area contributed by atoms with Crippen molar-refractivity contribution in [1.29, 1.82) is 0 Å². The smallest absolute Gasteiger partial charge is 0.149 e. The molecule has 0 bridgehead atoms. The first-order valence-corrected chi connectivity index (χ1v) is 6.81. The van der Waals surface area contributed by atoms with Crippen LogP contribution in [0, 0.1) is 11.8 Å². The van der Waals surface area contributed by atoms with Crippen molar-refractivity contribution in [2.75, 3.05) is 20.8 Å². The molecule has 0 heterocycles. The second-order valence-electron chi connectivity index (χ2n) is 4.46. The predicted molar refractivity (Wildman–Crippen MR) is 84.6 cm³/mol. The Hall–Kier alpha value is -2.44. The molecule has 21 heavy (non-hydrogen) atoms. The van der Waals surface area contributed by atoms with E-state index in [1.54, 1.807) is 7.11 Å². The van der Waals surface area contributed by atoms with E-state index in [-0.39, 0.29) is 0 Å². The first-order chi connectivity index (χ1) is 10.3. The van der Waals surface area contributed by atoms with Crippen LogP contribution in [0.4, 0.5) is 0 Å². The lowest BCUT2D eigenvalue weighted by atomic mass is 10.2. The molecule has 0 radical (unpaired) electrons. The first-order valence-electron chi connectivity index (χ1n) is 6.81. The molecule has 108 valence electrons. The van der Waals surface area contributed by atoms with Gasteiger partial charge in [-0.05, 0) is 37.4 Å². The largest absolute Gasteiger partial charge is 0.497 e. The lowest BCUT2D eigenvalue weighted by Crippen LogP contribution is -2.08. The van der Waals surface area contributed by atoms with Gasteiger partial charge in [0.1, 0.15) is 18.1 Å². The molecule has 1 N–H and O–H groups in total. The summed E-state index contributed by atoms with van der Waals surface area (Å²) in [5.41, 5.74) is 2.05. The summed E-state index contributed by atoms with van der Waals surface area (Å²) in [6.45, 7) is 1.08. The van der Waals surface area contributed by atoms with E-state index < -0.39 is 0 Å². The van der Waals surface area contributed by atoms with Gasteiger partial charge in [-0.1, -0.05) is 30.0 Å². The Morgan fingerprint density at radius 2 is 1.90 bits per heavy atom. The van der Waals surface area contributed by atoms with E-state index in [4.69, 9.17) is 9.47 Å². The maximum absolute atomic E-state index is 5.74. The van der Waals surface area contributed by atoms with Gasteiger partial charge in [0.2, 0.25) is 0 Å². The highest BCUT2D eigenvalue weighted by atomic mass is 16.5. The van der Waals surface area contributed by atoms with E-state index in [1.165, 1.54) is 0 Å². The monoisotopic (exact) mass is 281 g/mol. The summed E-state index contributed by atoms with van der Waals surface area (Å²) in [4.78, 5) is 0. The lowest BCUT2D eigenvalue weighted by Gasteiger charge is -2.11. The van der Waals surface area contributed by atoms with Crippen LogP contribution in [0.1, 0.15) is 11.1 Å². The van der Waals surface area contributed by atoms with Crippen molar-refractivity contribution in [2.24, 2.45) is 0 Å². The molecule has 0 aliphatic carbocycles. The Morgan fingerprint density at radius 1 is 1.10 bits per heavy atom. The summed E-state index contributed by atoms with van der Waals surface area (Å²) in [5, 5.41) is 3.12. The highest BCUT2D eigenvalue weighted by Gasteiger charge is 2.04. The highest BCUT2D eigenvalue weighted by Crippen LogP contribution is 2.24. The van der Waals surface area contributed by atoms with Crippen LogP contribution in [0.3, 0.4) is 0 Å². The summed E-state index contributed by atoms with van der Waals surface area (Å²) in [6.07, 6.45) is 0. The van der Waals surface area contributed by atoms with Crippen molar-refractivity contribution >= 4 is 0 Å². The van der Waals surface area contributed by atoms with Gasteiger partial charge >= 0.3 is 0 Å². The van der Waals surface area contributed by atoms with Crippen LogP contribution in [0.25, 0.3) is 0 Å². The van der Waals surface area contributed by atoms with E-state index >= 15 is 0 Å². The minimum absolute atomic E-state index is 0.359. The van der Waals surface area contributed by atoms with Crippen LogP contribution in [0.15, 0.2) is 48.5 Å². The molecule has 0 unspecified atom stereocenters. The molecule has 0 spiro atoms. The van der Waals surface area contributed by atoms with Crippen molar-refractivity contribution in [2.45, 2.75) is 6.54 Å². The van der Waals surface area contributed by atoms with Crippen molar-refractivity contribution in [3.8, 4) is 23.3 Å². The van der Waals surface area contributed by atoms with Crippen molar-refractivity contribution in [3.05, 3.63) is 59.7 Å². The summed E-state index contributed by atoms with van der Waals surface area (Å²) in [7, 11) is 3.56. The van der Waals surface area contributed by atoms with Gasteiger partial charge in [-0.3, -0.25) is 0 Å². The lowest BCUT2D eigenvalue weighted by molar-refractivity contribution is 0.362. The van der Waals surface area contributed by atoms with Crippen molar-refractivity contribution < 1.29 is 9.47 Å². The van der Waals surface area contributed by atoms with Crippen LogP contribution >= 0.6 is 0 Å². The van der Waals surface area contributed by atoms with Gasteiger partial charge in [-0.15, -0.1) is 0 Å². The number of methoxy groups -OCH3 is 1. The van der Waals surface area contributed by atoms with Gasteiger partial charge < -0.3 is 14.8 Å². The Balaban J connectivity index is 2.01. The Bertz CT molecular complexity index is 627. The maximum atomic E-state index is 5.74. The van der Waals surface area contributed by atoms with Crippen LogP contribution in [-0.2, 0) is 6.54 Å². The molecule has 0 aromatic heterocycles. The molecule has 0 fully saturated rings. The minimum atomic E-state index is 0.359. The highest BCUT2D eigenvalue weighted by molar-refractivity contribution is 5.41. The fraction of sp³-hybridized carbons (Fsp3) is 0.222. The van der Waals surface area contributed by atoms with Gasteiger partial charge in [0.15, 0.2) is 0 Å². The molecular formula is C18H19NO2. The summed E-state index contributed by atoms with van der Waals surface area (Å²) in [5.74, 6) is 7.75. The van der Waals surface area contributed by atoms with Crippen LogP contribution in [-0.4, -0.2) is 20.8 Å². The van der Waals surface area contributed by atoms with Gasteiger partial charge in [0, 0.05) is 17.7 Å². The molecule has 0 aliphatic heterocycles. The topological polar surface area (TPSA) is 30.5 Å². The van der Waals surface area contributed by atoms with Crippen LogP contribution in [0.2, 0.25) is 0 Å². The van der Waals surface area contributed by atoms with E-state index in [1.807, 2.05) is 55.6 Å². The van der Waals surface area contributed by atoms with E-state index in [9.17, 15) is 0 Å². The fourth-order valence-electron chi connectivity index (χ4n) is 1.93. The zero-order valence-corrected chi connectivity index (χ0v) is 12.3. The SMILES string of the molecule is CNCc1cc(OC)ccc1OCC#Cc1ccccc1. The number of hydrogen-bond acceptors (Lipinski definition) is 3. The number of ether oxygens (including phenoxy) is 2. The summed E-state index contributed by atoms with van der Waals surface area (Å²) >= 11 is 0. The average Bonchev–Trinajstić information content (AvgIpc) is 2.54. The van der Waals surface area contributed by atoms with Crippen molar-refractivity contribution in [1.82, 2.24) is 5.32 Å². The Kier molecular flexibility index (Phi) is 5.69. The molecule has 0 amide bonds. The van der Waals surface area contributed by atoms with Crippen molar-refractivity contribution in [3.63, 3.8) is 0 Å². The van der Waals surface area contributed by atoms with Gasteiger partial charge in [-0.25, -0.2) is 0 Å². The molecule has 3 nitrogen and oxygen atoms in total. The average molecular weight is 281 g/mol. The number of rotatable bonds is 5. The van der Waals surface area contributed by atoms with Gasteiger partial charge in [0.05, 0.1) is 7.11 Å². The normalized spacial score (nSPS) is 9.62.